The number of thiophene rings is 1. The van der Waals surface area contributed by atoms with Crippen molar-refractivity contribution in [2.45, 2.75) is 29.3 Å². The van der Waals surface area contributed by atoms with Gasteiger partial charge in [-0.3, -0.25) is 0 Å². The van der Waals surface area contributed by atoms with Gasteiger partial charge in [0.05, 0.1) is 10.9 Å². The molecule has 0 fully saturated rings. The lowest BCUT2D eigenvalue weighted by molar-refractivity contribution is -0.286. The predicted octanol–water partition coefficient (Wildman–Crippen LogP) is 1.83. The molecule has 1 atom stereocenters. The van der Waals surface area contributed by atoms with E-state index in [2.05, 4.69) is 14.9 Å². The van der Waals surface area contributed by atoms with Crippen LogP contribution in [-0.4, -0.2) is 51.7 Å². The summed E-state index contributed by atoms with van der Waals surface area (Å²) in [5.74, 6) is -4.20. The standard InChI is InChI=1S/C19H20ClF3N4O8S2/c20-14-6-7-15(36-14)37(30,31)27-13(16(28)34-35-17(29)19(21,22)23)10-11-2-4-12(5-3-11)32-8-1-9-33-26-18(24)25/h2-7,13,27H,1,8-10H2,(H4,24,25,26)/t13-/m0/s1. The molecule has 5 N–H and O–H groups in total. The molecule has 12 nitrogen and oxygen atoms in total. The van der Waals surface area contributed by atoms with E-state index in [4.69, 9.17) is 32.6 Å². The smallest absolute Gasteiger partial charge is 0.493 e. The highest BCUT2D eigenvalue weighted by Crippen LogP contribution is 2.26. The van der Waals surface area contributed by atoms with Crippen LogP contribution < -0.4 is 20.9 Å². The number of carbonyl (C=O) groups excluding carboxylic acids is 2. The molecule has 1 heterocycles. The third kappa shape index (κ3) is 10.3. The van der Waals surface area contributed by atoms with Crippen molar-refractivity contribution >= 4 is 50.9 Å². The molecule has 0 spiro atoms. The lowest BCUT2D eigenvalue weighted by Crippen LogP contribution is -2.43. The number of nitrogens with zero attached hydrogens (tertiary/aromatic N) is 1. The number of nitrogens with one attached hydrogen (secondary N) is 1. The van der Waals surface area contributed by atoms with Gasteiger partial charge in [-0.05, 0) is 41.4 Å². The van der Waals surface area contributed by atoms with Crippen molar-refractivity contribution < 1.29 is 50.5 Å². The summed E-state index contributed by atoms with van der Waals surface area (Å²) >= 11 is 6.42. The molecule has 204 valence electrons. The van der Waals surface area contributed by atoms with Crippen molar-refractivity contribution in [1.82, 2.24) is 4.72 Å². The van der Waals surface area contributed by atoms with Gasteiger partial charge in [0.15, 0.2) is 0 Å². The lowest BCUT2D eigenvalue weighted by atomic mass is 10.1. The first-order valence-corrected chi connectivity index (χ1v) is 12.7. The quantitative estimate of drug-likeness (QED) is 0.109. The number of hydrogen-bond acceptors (Lipinski definition) is 10. The van der Waals surface area contributed by atoms with E-state index in [0.717, 1.165) is 6.07 Å². The van der Waals surface area contributed by atoms with E-state index >= 15 is 0 Å². The largest absolute Gasteiger partial charge is 0.495 e. The Morgan fingerprint density at radius 3 is 2.32 bits per heavy atom. The van der Waals surface area contributed by atoms with Gasteiger partial charge in [0.1, 0.15) is 22.6 Å². The minimum atomic E-state index is -5.43. The number of nitrogens with two attached hydrogens (primary N) is 2. The third-order valence-electron chi connectivity index (χ3n) is 4.01. The van der Waals surface area contributed by atoms with Crippen LogP contribution in [0.4, 0.5) is 13.2 Å². The highest BCUT2D eigenvalue weighted by molar-refractivity contribution is 7.91. The number of hydrogen-bond donors (Lipinski definition) is 3. The van der Waals surface area contributed by atoms with Crippen molar-refractivity contribution in [1.29, 1.82) is 0 Å². The van der Waals surface area contributed by atoms with Crippen LogP contribution >= 0.6 is 22.9 Å². The third-order valence-corrected chi connectivity index (χ3v) is 7.20. The Morgan fingerprint density at radius 1 is 1.08 bits per heavy atom. The van der Waals surface area contributed by atoms with E-state index in [0.29, 0.717) is 29.1 Å². The Kier molecular flexibility index (Phi) is 10.8. The van der Waals surface area contributed by atoms with Gasteiger partial charge in [0.2, 0.25) is 5.96 Å². The lowest BCUT2D eigenvalue weighted by Gasteiger charge is -2.16. The van der Waals surface area contributed by atoms with E-state index in [1.54, 1.807) is 0 Å². The molecule has 2 rings (SSSR count). The number of oxime groups is 1. The predicted molar refractivity (Wildman–Crippen MR) is 124 cm³/mol. The van der Waals surface area contributed by atoms with Crippen molar-refractivity contribution in [2.75, 3.05) is 13.2 Å². The average molecular weight is 589 g/mol. The molecule has 37 heavy (non-hydrogen) atoms. The van der Waals surface area contributed by atoms with Gasteiger partial charge in [-0.2, -0.15) is 17.9 Å². The molecule has 2 aromatic rings. The number of carbonyl (C=O) groups is 2. The molecular weight excluding hydrogens is 569 g/mol. The number of alkyl halides is 3. The SMILES string of the molecule is NC(N)=NOCCCOc1ccc(C[C@H](NS(=O)(=O)c2ccc(Cl)s2)C(=O)OOC(=O)C(F)(F)F)cc1. The van der Waals surface area contributed by atoms with E-state index in [9.17, 15) is 31.2 Å². The molecule has 0 aliphatic carbocycles. The zero-order valence-corrected chi connectivity index (χ0v) is 21.0. The molecule has 0 saturated carbocycles. The maximum absolute atomic E-state index is 12.6. The summed E-state index contributed by atoms with van der Waals surface area (Å²) in [5, 5.41) is 3.34. The highest BCUT2D eigenvalue weighted by atomic mass is 35.5. The fourth-order valence-electron chi connectivity index (χ4n) is 2.44. The molecular formula is C19H20ClF3N4O8S2. The Morgan fingerprint density at radius 2 is 1.76 bits per heavy atom. The van der Waals surface area contributed by atoms with Crippen LogP contribution in [0.25, 0.3) is 0 Å². The van der Waals surface area contributed by atoms with Crippen LogP contribution in [0, 0.1) is 0 Å². The number of ether oxygens (including phenoxy) is 1. The Labute approximate surface area is 217 Å². The first-order valence-electron chi connectivity index (χ1n) is 9.98. The molecule has 0 saturated heterocycles. The van der Waals surface area contributed by atoms with Crippen LogP contribution in [0.2, 0.25) is 4.34 Å². The fraction of sp³-hybridized carbons (Fsp3) is 0.316. The first-order chi connectivity index (χ1) is 17.3. The molecule has 0 radical (unpaired) electrons. The number of benzene rings is 1. The van der Waals surface area contributed by atoms with Gasteiger partial charge in [-0.25, -0.2) is 27.8 Å². The van der Waals surface area contributed by atoms with E-state index in [1.807, 2.05) is 4.72 Å². The monoisotopic (exact) mass is 588 g/mol. The molecule has 0 aliphatic rings. The van der Waals surface area contributed by atoms with Gasteiger partial charge < -0.3 is 21.0 Å². The second-order valence-corrected chi connectivity index (χ2v) is 10.6. The summed E-state index contributed by atoms with van der Waals surface area (Å²) in [6, 6.07) is 6.65. The molecule has 0 unspecified atom stereocenters. The van der Waals surface area contributed by atoms with Crippen LogP contribution in [-0.2, 0) is 40.6 Å². The number of guanidine groups is 1. The maximum Gasteiger partial charge on any atom is 0.495 e. The zero-order chi connectivity index (χ0) is 27.6. The Hall–Kier alpha value is -3.28. The number of halogens is 4. The van der Waals surface area contributed by atoms with Crippen LogP contribution in [0.5, 0.6) is 5.75 Å². The molecule has 1 aromatic heterocycles. The van der Waals surface area contributed by atoms with Gasteiger partial charge >= 0.3 is 18.1 Å². The van der Waals surface area contributed by atoms with Gasteiger partial charge in [0, 0.05) is 6.42 Å². The Balaban J connectivity index is 2.07. The van der Waals surface area contributed by atoms with Crippen LogP contribution in [0.15, 0.2) is 45.8 Å². The molecule has 0 aliphatic heterocycles. The van der Waals surface area contributed by atoms with Crippen molar-refractivity contribution in [3.63, 3.8) is 0 Å². The minimum absolute atomic E-state index is 0.136. The molecule has 18 heteroatoms. The molecule has 1 aromatic carbocycles. The highest BCUT2D eigenvalue weighted by Gasteiger charge is 2.43. The summed E-state index contributed by atoms with van der Waals surface area (Å²) in [5.41, 5.74) is 10.6. The summed E-state index contributed by atoms with van der Waals surface area (Å²) in [4.78, 5) is 35.5. The van der Waals surface area contributed by atoms with Crippen molar-refractivity contribution in [3.05, 3.63) is 46.3 Å². The van der Waals surface area contributed by atoms with Gasteiger partial charge in [-0.15, -0.1) is 11.3 Å². The fourth-order valence-corrected chi connectivity index (χ4v) is 5.12. The van der Waals surface area contributed by atoms with Crippen molar-refractivity contribution in [2.24, 2.45) is 16.6 Å². The van der Waals surface area contributed by atoms with E-state index in [1.165, 1.54) is 30.3 Å². The second kappa shape index (κ2) is 13.3. The number of rotatable bonds is 12. The minimum Gasteiger partial charge on any atom is -0.493 e. The number of sulfonamides is 1. The second-order valence-electron chi connectivity index (χ2n) is 6.90. The zero-order valence-electron chi connectivity index (χ0n) is 18.6. The summed E-state index contributed by atoms with van der Waals surface area (Å²) in [6.07, 6.45) is -5.37. The van der Waals surface area contributed by atoms with E-state index < -0.39 is 34.2 Å². The maximum atomic E-state index is 12.6. The topological polar surface area (TPSA) is 182 Å². The first kappa shape index (κ1) is 29.9. The van der Waals surface area contributed by atoms with E-state index in [-0.39, 0.29) is 34.1 Å². The van der Waals surface area contributed by atoms with Crippen molar-refractivity contribution in [3.8, 4) is 5.75 Å². The van der Waals surface area contributed by atoms with Crippen LogP contribution in [0.1, 0.15) is 12.0 Å². The average Bonchev–Trinajstić information content (AvgIpc) is 3.26. The van der Waals surface area contributed by atoms with Crippen LogP contribution in [0.3, 0.4) is 0 Å². The summed E-state index contributed by atoms with van der Waals surface area (Å²) in [7, 11) is -4.34. The summed E-state index contributed by atoms with van der Waals surface area (Å²) in [6.45, 7) is 0.427. The molecule has 0 bridgehead atoms. The van der Waals surface area contributed by atoms with Gasteiger partial charge in [0.25, 0.3) is 10.0 Å². The Bertz CT molecular complexity index is 1200. The normalized spacial score (nSPS) is 12.3. The summed E-state index contributed by atoms with van der Waals surface area (Å²) < 4.78 is 69.6. The molecule has 0 amide bonds. The van der Waals surface area contributed by atoms with Gasteiger partial charge in [-0.1, -0.05) is 23.7 Å².